The Balaban J connectivity index is 2.63. The molecule has 0 aromatic heterocycles. The lowest BCUT2D eigenvalue weighted by Crippen LogP contribution is -2.42. The second-order valence-corrected chi connectivity index (χ2v) is 10.4. The summed E-state index contributed by atoms with van der Waals surface area (Å²) in [6.45, 7) is 8.46. The molecule has 0 saturated carbocycles. The zero-order chi connectivity index (χ0) is 11.3. The van der Waals surface area contributed by atoms with Crippen LogP contribution < -0.4 is 0 Å². The molecule has 1 heterocycles. The molecule has 15 heavy (non-hydrogen) atoms. The molecule has 0 unspecified atom stereocenters. The molecular formula is C11H24O2SSi. The molecule has 0 atom stereocenters. The van der Waals surface area contributed by atoms with Gasteiger partial charge in [0.2, 0.25) is 0 Å². The van der Waals surface area contributed by atoms with Gasteiger partial charge in [0.05, 0.1) is 0 Å². The highest BCUT2D eigenvalue weighted by Crippen LogP contribution is 2.35. The van der Waals surface area contributed by atoms with Gasteiger partial charge in [-0.05, 0) is 39.9 Å². The molecule has 0 aromatic carbocycles. The van der Waals surface area contributed by atoms with E-state index in [-0.39, 0.29) is 0 Å². The highest BCUT2D eigenvalue weighted by atomic mass is 32.4. The topological polar surface area (TPSA) is 18.5 Å². The van der Waals surface area contributed by atoms with Crippen LogP contribution in [0, 0.1) is 0 Å². The van der Waals surface area contributed by atoms with Gasteiger partial charge in [0.15, 0.2) is 0 Å². The summed E-state index contributed by atoms with van der Waals surface area (Å²) in [6.07, 6.45) is 4.52. The van der Waals surface area contributed by atoms with Gasteiger partial charge in [0.1, 0.15) is 0 Å². The molecule has 0 N–H and O–H groups in total. The van der Waals surface area contributed by atoms with Crippen molar-refractivity contribution in [2.24, 2.45) is 0 Å². The molecule has 1 saturated heterocycles. The van der Waals surface area contributed by atoms with Crippen LogP contribution in [0.3, 0.4) is 0 Å². The summed E-state index contributed by atoms with van der Waals surface area (Å²) in [5, 5.41) is 0. The zero-order valence-electron chi connectivity index (χ0n) is 10.4. The smallest absolute Gasteiger partial charge is 0.384 e. The molecule has 4 heteroatoms. The Morgan fingerprint density at radius 3 is 2.07 bits per heavy atom. The molecule has 0 amide bonds. The van der Waals surface area contributed by atoms with Crippen LogP contribution in [0.2, 0.25) is 6.04 Å². The van der Waals surface area contributed by atoms with Crippen LogP contribution in [-0.4, -0.2) is 25.7 Å². The molecule has 1 aliphatic heterocycles. The number of hydrogen-bond acceptors (Lipinski definition) is 3. The summed E-state index contributed by atoms with van der Waals surface area (Å²) in [5.74, 6) is 1.21. The van der Waals surface area contributed by atoms with Crippen LogP contribution >= 0.6 is 11.2 Å². The van der Waals surface area contributed by atoms with Gasteiger partial charge in [-0.1, -0.05) is 12.8 Å². The predicted octanol–water partition coefficient (Wildman–Crippen LogP) is 3.69. The first-order valence-corrected chi connectivity index (χ1v) is 9.77. The van der Waals surface area contributed by atoms with Gasteiger partial charge in [-0.3, -0.25) is 0 Å². The van der Waals surface area contributed by atoms with Crippen molar-refractivity contribution in [3.63, 3.8) is 0 Å². The molecule has 2 nitrogen and oxygen atoms in total. The van der Waals surface area contributed by atoms with Crippen molar-refractivity contribution in [2.45, 2.75) is 65.2 Å². The van der Waals surface area contributed by atoms with E-state index in [1.807, 2.05) is 11.2 Å². The van der Waals surface area contributed by atoms with E-state index < -0.39 is 7.71 Å². The molecule has 0 radical (unpaired) electrons. The van der Waals surface area contributed by atoms with Gasteiger partial charge in [-0.25, -0.2) is 0 Å². The first kappa shape index (κ1) is 13.6. The van der Waals surface area contributed by atoms with Crippen molar-refractivity contribution in [3.8, 4) is 0 Å². The maximum absolute atomic E-state index is 6.15. The quantitative estimate of drug-likeness (QED) is 0.707. The second kappa shape index (κ2) is 6.28. The minimum atomic E-state index is -1.94. The summed E-state index contributed by atoms with van der Waals surface area (Å²) in [5.41, 5.74) is 0. The monoisotopic (exact) mass is 248 g/mol. The standard InChI is InChI=1S/C11H24O2SSi/c1-10(2)12-15(13-11(3)4)9-7-5-6-8-14-15/h10-11H,5-9H2,1-4H3. The third-order valence-electron chi connectivity index (χ3n) is 2.28. The Labute approximate surface area is 99.0 Å². The first-order valence-electron chi connectivity index (χ1n) is 6.04. The van der Waals surface area contributed by atoms with E-state index in [4.69, 9.17) is 8.85 Å². The summed E-state index contributed by atoms with van der Waals surface area (Å²) < 4.78 is 12.3. The molecule has 1 fully saturated rings. The summed E-state index contributed by atoms with van der Waals surface area (Å²) >= 11 is 1.98. The molecule has 1 aliphatic rings. The van der Waals surface area contributed by atoms with Gasteiger partial charge >= 0.3 is 7.71 Å². The Bertz CT molecular complexity index is 165. The van der Waals surface area contributed by atoms with Crippen molar-refractivity contribution in [1.29, 1.82) is 0 Å². The van der Waals surface area contributed by atoms with E-state index in [1.54, 1.807) is 0 Å². The molecule has 0 aromatic rings. The van der Waals surface area contributed by atoms with Gasteiger partial charge < -0.3 is 8.85 Å². The minimum Gasteiger partial charge on any atom is -0.384 e. The largest absolute Gasteiger partial charge is 0.406 e. The Kier molecular flexibility index (Phi) is 5.67. The van der Waals surface area contributed by atoms with Crippen molar-refractivity contribution >= 4 is 18.9 Å². The Hall–Kier alpha value is 0.487. The summed E-state index contributed by atoms with van der Waals surface area (Å²) in [7, 11) is -1.94. The van der Waals surface area contributed by atoms with Crippen LogP contribution in [0.4, 0.5) is 0 Å². The van der Waals surface area contributed by atoms with E-state index >= 15 is 0 Å². The molecule has 0 spiro atoms. The van der Waals surface area contributed by atoms with Crippen LogP contribution in [0.5, 0.6) is 0 Å². The fourth-order valence-corrected chi connectivity index (χ4v) is 9.00. The molecule has 0 aliphatic carbocycles. The lowest BCUT2D eigenvalue weighted by atomic mass is 10.3. The fourth-order valence-electron chi connectivity index (χ4n) is 1.85. The van der Waals surface area contributed by atoms with Crippen LogP contribution in [0.25, 0.3) is 0 Å². The minimum absolute atomic E-state index is 0.293. The van der Waals surface area contributed by atoms with Gasteiger partial charge in [0, 0.05) is 18.3 Å². The lowest BCUT2D eigenvalue weighted by molar-refractivity contribution is 0.122. The Morgan fingerprint density at radius 1 is 0.933 bits per heavy atom. The van der Waals surface area contributed by atoms with Crippen LogP contribution in [0.1, 0.15) is 47.0 Å². The van der Waals surface area contributed by atoms with E-state index in [0.29, 0.717) is 12.2 Å². The first-order chi connectivity index (χ1) is 7.04. The van der Waals surface area contributed by atoms with Crippen molar-refractivity contribution in [2.75, 3.05) is 5.75 Å². The van der Waals surface area contributed by atoms with E-state index in [0.717, 1.165) is 6.04 Å². The van der Waals surface area contributed by atoms with E-state index in [2.05, 4.69) is 27.7 Å². The van der Waals surface area contributed by atoms with Gasteiger partial charge in [-0.2, -0.15) is 0 Å². The number of hydrogen-bond donors (Lipinski definition) is 0. The van der Waals surface area contributed by atoms with E-state index in [1.165, 1.54) is 25.0 Å². The molecule has 1 rings (SSSR count). The van der Waals surface area contributed by atoms with Crippen molar-refractivity contribution in [3.05, 3.63) is 0 Å². The van der Waals surface area contributed by atoms with E-state index in [9.17, 15) is 0 Å². The maximum Gasteiger partial charge on any atom is 0.406 e. The highest BCUT2D eigenvalue weighted by Gasteiger charge is 2.41. The zero-order valence-corrected chi connectivity index (χ0v) is 12.2. The third kappa shape index (κ3) is 4.89. The average Bonchev–Trinajstić information content (AvgIpc) is 2.27. The van der Waals surface area contributed by atoms with Gasteiger partial charge in [-0.15, -0.1) is 11.2 Å². The molecular weight excluding hydrogens is 224 g/mol. The molecule has 90 valence electrons. The van der Waals surface area contributed by atoms with Crippen LogP contribution in [-0.2, 0) is 8.85 Å². The maximum atomic E-state index is 6.15. The van der Waals surface area contributed by atoms with Crippen molar-refractivity contribution in [1.82, 2.24) is 0 Å². The highest BCUT2D eigenvalue weighted by molar-refractivity contribution is 8.27. The predicted molar refractivity (Wildman–Crippen MR) is 69.3 cm³/mol. The molecule has 0 bridgehead atoms. The summed E-state index contributed by atoms with van der Waals surface area (Å²) in [4.78, 5) is 0. The summed E-state index contributed by atoms with van der Waals surface area (Å²) in [6, 6.07) is 1.16. The van der Waals surface area contributed by atoms with Crippen LogP contribution in [0.15, 0.2) is 0 Å². The normalized spacial score (nSPS) is 22.0. The lowest BCUT2D eigenvalue weighted by Gasteiger charge is -2.32. The fraction of sp³-hybridized carbons (Fsp3) is 1.00. The number of rotatable bonds is 4. The third-order valence-corrected chi connectivity index (χ3v) is 8.96. The second-order valence-electron chi connectivity index (χ2n) is 4.68. The Morgan fingerprint density at radius 2 is 1.53 bits per heavy atom. The van der Waals surface area contributed by atoms with Crippen molar-refractivity contribution < 1.29 is 8.85 Å². The average molecular weight is 248 g/mol. The SMILES string of the molecule is CC(C)O[Si]1(OC(C)C)CCCCCS1. The van der Waals surface area contributed by atoms with Gasteiger partial charge in [0.25, 0.3) is 0 Å².